The molecule has 2 aromatic rings. The summed E-state index contributed by atoms with van der Waals surface area (Å²) in [6, 6.07) is 11.9. The summed E-state index contributed by atoms with van der Waals surface area (Å²) in [7, 11) is 0. The van der Waals surface area contributed by atoms with Gasteiger partial charge in [0.2, 0.25) is 0 Å². The summed E-state index contributed by atoms with van der Waals surface area (Å²) in [5.74, 6) is -0.422. The van der Waals surface area contributed by atoms with Crippen LogP contribution >= 0.6 is 11.6 Å². The first kappa shape index (κ1) is 15.5. The van der Waals surface area contributed by atoms with Crippen LogP contribution in [0.4, 0.5) is 4.39 Å². The second-order valence-electron chi connectivity index (χ2n) is 4.82. The summed E-state index contributed by atoms with van der Waals surface area (Å²) in [5.41, 5.74) is 2.76. The Hall–Kier alpha value is -1.89. The van der Waals surface area contributed by atoms with Crippen LogP contribution in [0.25, 0.3) is 11.1 Å². The van der Waals surface area contributed by atoms with Gasteiger partial charge >= 0.3 is 0 Å². The molecule has 1 N–H and O–H groups in total. The van der Waals surface area contributed by atoms with Crippen molar-refractivity contribution in [2.45, 2.75) is 19.9 Å². The van der Waals surface area contributed by atoms with Gasteiger partial charge in [0.25, 0.3) is 0 Å². The van der Waals surface area contributed by atoms with Gasteiger partial charge in [0.05, 0.1) is 11.6 Å². The Kier molecular flexibility index (Phi) is 5.32. The molecule has 0 saturated carbocycles. The van der Waals surface area contributed by atoms with Gasteiger partial charge in [-0.15, -0.1) is 0 Å². The molecule has 0 amide bonds. The third-order valence-electron chi connectivity index (χ3n) is 3.16. The molecule has 0 bridgehead atoms. The van der Waals surface area contributed by atoms with Crippen molar-refractivity contribution >= 4 is 11.6 Å². The number of hydrogen-bond donors (Lipinski definition) is 1. The van der Waals surface area contributed by atoms with Crippen molar-refractivity contribution in [3.8, 4) is 17.2 Å². The zero-order valence-electron chi connectivity index (χ0n) is 11.8. The topological polar surface area (TPSA) is 35.8 Å². The minimum atomic E-state index is -0.422. The van der Waals surface area contributed by atoms with Crippen LogP contribution in [0.5, 0.6) is 0 Å². The van der Waals surface area contributed by atoms with Crippen molar-refractivity contribution in [1.29, 1.82) is 5.26 Å². The Morgan fingerprint density at radius 3 is 2.67 bits per heavy atom. The molecule has 0 atom stereocenters. The number of hydrogen-bond acceptors (Lipinski definition) is 2. The fourth-order valence-electron chi connectivity index (χ4n) is 2.09. The third-order valence-corrected chi connectivity index (χ3v) is 3.51. The molecule has 0 heterocycles. The van der Waals surface area contributed by atoms with E-state index in [4.69, 9.17) is 16.9 Å². The van der Waals surface area contributed by atoms with E-state index in [0.29, 0.717) is 22.7 Å². The van der Waals surface area contributed by atoms with Crippen LogP contribution in [0.3, 0.4) is 0 Å². The van der Waals surface area contributed by atoms with E-state index in [0.717, 1.165) is 24.1 Å². The van der Waals surface area contributed by atoms with Gasteiger partial charge in [-0.25, -0.2) is 4.39 Å². The molecule has 0 aliphatic rings. The molecule has 0 aliphatic carbocycles. The highest BCUT2D eigenvalue weighted by Crippen LogP contribution is 2.27. The van der Waals surface area contributed by atoms with Crippen molar-refractivity contribution in [3.63, 3.8) is 0 Å². The van der Waals surface area contributed by atoms with Gasteiger partial charge in [-0.3, -0.25) is 0 Å². The minimum Gasteiger partial charge on any atom is -0.313 e. The second-order valence-corrected chi connectivity index (χ2v) is 5.23. The molecule has 21 heavy (non-hydrogen) atoms. The van der Waals surface area contributed by atoms with E-state index in [9.17, 15) is 4.39 Å². The average molecular weight is 303 g/mol. The van der Waals surface area contributed by atoms with E-state index in [2.05, 4.69) is 12.2 Å². The minimum absolute atomic E-state index is 0.301. The quantitative estimate of drug-likeness (QED) is 0.824. The molecule has 4 heteroatoms. The van der Waals surface area contributed by atoms with Gasteiger partial charge < -0.3 is 5.32 Å². The van der Waals surface area contributed by atoms with Gasteiger partial charge in [0.15, 0.2) is 0 Å². The Labute approximate surface area is 129 Å². The normalized spacial score (nSPS) is 10.4. The first-order chi connectivity index (χ1) is 10.1. The first-order valence-electron chi connectivity index (χ1n) is 6.84. The van der Waals surface area contributed by atoms with E-state index in [1.54, 1.807) is 12.1 Å². The number of benzene rings is 2. The van der Waals surface area contributed by atoms with Gasteiger partial charge in [0.1, 0.15) is 5.82 Å². The number of nitrogens with one attached hydrogen (secondary N) is 1. The van der Waals surface area contributed by atoms with E-state index in [1.165, 1.54) is 12.1 Å². The lowest BCUT2D eigenvalue weighted by Crippen LogP contribution is -2.13. The molecular weight excluding hydrogens is 287 g/mol. The lowest BCUT2D eigenvalue weighted by atomic mass is 10.0. The summed E-state index contributed by atoms with van der Waals surface area (Å²) in [4.78, 5) is 0. The number of rotatable bonds is 5. The van der Waals surface area contributed by atoms with Crippen LogP contribution in [0.1, 0.15) is 24.5 Å². The summed E-state index contributed by atoms with van der Waals surface area (Å²) < 4.78 is 13.5. The largest absolute Gasteiger partial charge is 0.313 e. The molecule has 0 fully saturated rings. The van der Waals surface area contributed by atoms with Crippen LogP contribution < -0.4 is 5.32 Å². The number of halogens is 2. The van der Waals surface area contributed by atoms with Gasteiger partial charge in [-0.2, -0.15) is 5.26 Å². The Bertz CT molecular complexity index is 677. The van der Waals surface area contributed by atoms with Crippen molar-refractivity contribution in [1.82, 2.24) is 5.32 Å². The molecule has 0 unspecified atom stereocenters. The summed E-state index contributed by atoms with van der Waals surface area (Å²) in [6.45, 7) is 3.75. The zero-order valence-corrected chi connectivity index (χ0v) is 12.5. The Morgan fingerprint density at radius 2 is 2.00 bits per heavy atom. The maximum atomic E-state index is 13.5. The fraction of sp³-hybridized carbons (Fsp3) is 0.235. The maximum Gasteiger partial charge on any atom is 0.125 e. The Morgan fingerprint density at radius 1 is 1.19 bits per heavy atom. The highest BCUT2D eigenvalue weighted by Gasteiger charge is 2.06. The molecule has 0 saturated heterocycles. The summed E-state index contributed by atoms with van der Waals surface area (Å²) in [6.07, 6.45) is 1.07. The summed E-state index contributed by atoms with van der Waals surface area (Å²) in [5, 5.41) is 12.8. The Balaban J connectivity index is 2.28. The maximum absolute atomic E-state index is 13.5. The lowest BCUT2D eigenvalue weighted by Gasteiger charge is -2.09. The van der Waals surface area contributed by atoms with Crippen LogP contribution in [0.15, 0.2) is 36.4 Å². The molecule has 2 aromatic carbocycles. The van der Waals surface area contributed by atoms with E-state index < -0.39 is 5.82 Å². The molecule has 2 rings (SSSR count). The highest BCUT2D eigenvalue weighted by molar-refractivity contribution is 6.31. The van der Waals surface area contributed by atoms with Crippen LogP contribution in [-0.4, -0.2) is 6.54 Å². The molecule has 108 valence electrons. The molecular formula is C17H16ClFN2. The molecule has 2 nitrogen and oxygen atoms in total. The third kappa shape index (κ3) is 4.04. The standard InChI is InChI=1S/C17H16ClFN2/c1-2-5-21-11-14-4-3-13(9-17(14)18)15-6-12(10-20)7-16(19)8-15/h3-4,6-9,21H,2,5,11H2,1H3. The SMILES string of the molecule is CCCNCc1ccc(-c2cc(F)cc(C#N)c2)cc1Cl. The van der Waals surface area contributed by atoms with Crippen LogP contribution in [-0.2, 0) is 6.54 Å². The van der Waals surface area contributed by atoms with Crippen LogP contribution in [0.2, 0.25) is 5.02 Å². The van der Waals surface area contributed by atoms with Crippen molar-refractivity contribution in [2.24, 2.45) is 0 Å². The predicted molar refractivity (Wildman–Crippen MR) is 83.6 cm³/mol. The predicted octanol–water partition coefficient (Wildman–Crippen LogP) is 4.52. The smallest absolute Gasteiger partial charge is 0.125 e. The number of nitriles is 1. The average Bonchev–Trinajstić information content (AvgIpc) is 2.48. The van der Waals surface area contributed by atoms with Gasteiger partial charge in [-0.1, -0.05) is 30.7 Å². The van der Waals surface area contributed by atoms with E-state index >= 15 is 0 Å². The lowest BCUT2D eigenvalue weighted by molar-refractivity contribution is 0.628. The van der Waals surface area contributed by atoms with Gasteiger partial charge in [0, 0.05) is 11.6 Å². The molecule has 0 radical (unpaired) electrons. The zero-order chi connectivity index (χ0) is 15.2. The fourth-order valence-corrected chi connectivity index (χ4v) is 2.34. The molecule has 0 spiro atoms. The van der Waals surface area contributed by atoms with Gasteiger partial charge in [-0.05, 0) is 53.9 Å². The van der Waals surface area contributed by atoms with Crippen LogP contribution in [0, 0.1) is 17.1 Å². The van der Waals surface area contributed by atoms with E-state index in [-0.39, 0.29) is 0 Å². The second kappa shape index (κ2) is 7.21. The first-order valence-corrected chi connectivity index (χ1v) is 7.22. The molecule has 0 aromatic heterocycles. The monoisotopic (exact) mass is 302 g/mol. The van der Waals surface area contributed by atoms with Crippen molar-refractivity contribution in [3.05, 3.63) is 58.4 Å². The summed E-state index contributed by atoms with van der Waals surface area (Å²) >= 11 is 6.27. The van der Waals surface area contributed by atoms with Crippen molar-refractivity contribution < 1.29 is 4.39 Å². The molecule has 0 aliphatic heterocycles. The van der Waals surface area contributed by atoms with E-state index in [1.807, 2.05) is 18.2 Å². The highest BCUT2D eigenvalue weighted by atomic mass is 35.5. The van der Waals surface area contributed by atoms with Crippen molar-refractivity contribution in [2.75, 3.05) is 6.54 Å². The number of nitrogens with zero attached hydrogens (tertiary/aromatic N) is 1.